The van der Waals surface area contributed by atoms with E-state index in [1.54, 1.807) is 4.90 Å². The topological polar surface area (TPSA) is 69.6 Å². The van der Waals surface area contributed by atoms with Gasteiger partial charge in [0.15, 0.2) is 0 Å². The molecule has 5 nitrogen and oxygen atoms in total. The number of aliphatic carboxylic acids is 1. The molecule has 0 radical (unpaired) electrons. The van der Waals surface area contributed by atoms with Crippen molar-refractivity contribution in [2.45, 2.75) is 51.1 Å². The molecular weight excluding hydrogens is 276 g/mol. The predicted molar refractivity (Wildman–Crippen MR) is 80.0 cm³/mol. The van der Waals surface area contributed by atoms with Crippen LogP contribution in [0.3, 0.4) is 0 Å². The summed E-state index contributed by atoms with van der Waals surface area (Å²) >= 11 is 1.84. The number of carboxylic acids is 1. The second kappa shape index (κ2) is 7.20. The van der Waals surface area contributed by atoms with E-state index in [2.05, 4.69) is 5.32 Å². The Bertz CT molecular complexity index is 358. The molecule has 2 N–H and O–H groups in total. The Morgan fingerprint density at radius 1 is 1.30 bits per heavy atom. The van der Waals surface area contributed by atoms with Gasteiger partial charge in [0.1, 0.15) is 6.04 Å². The maximum atomic E-state index is 12.3. The number of amides is 2. The quantitative estimate of drug-likeness (QED) is 0.838. The summed E-state index contributed by atoms with van der Waals surface area (Å²) in [6, 6.07) is -0.769. The molecule has 0 aromatic carbocycles. The van der Waals surface area contributed by atoms with Gasteiger partial charge in [0.2, 0.25) is 0 Å². The van der Waals surface area contributed by atoms with Crippen molar-refractivity contribution in [3.8, 4) is 0 Å². The lowest BCUT2D eigenvalue weighted by Crippen LogP contribution is -2.55. The summed E-state index contributed by atoms with van der Waals surface area (Å²) in [5.74, 6) is 1.04. The summed E-state index contributed by atoms with van der Waals surface area (Å²) < 4.78 is 0. The Labute approximate surface area is 124 Å². The first-order valence-corrected chi connectivity index (χ1v) is 8.62. The number of carboxylic acid groups (broad SMARTS) is 1. The van der Waals surface area contributed by atoms with Crippen molar-refractivity contribution in [1.82, 2.24) is 10.2 Å². The van der Waals surface area contributed by atoms with Crippen molar-refractivity contribution in [2.75, 3.05) is 18.1 Å². The molecule has 0 aromatic heterocycles. The number of urea groups is 1. The molecule has 2 unspecified atom stereocenters. The van der Waals surface area contributed by atoms with Gasteiger partial charge in [-0.15, -0.1) is 0 Å². The average Bonchev–Trinajstić information content (AvgIpc) is 2.45. The van der Waals surface area contributed by atoms with Crippen LogP contribution in [0.4, 0.5) is 4.79 Å². The molecule has 20 heavy (non-hydrogen) atoms. The minimum absolute atomic E-state index is 0.0830. The first-order chi connectivity index (χ1) is 9.59. The van der Waals surface area contributed by atoms with Crippen molar-refractivity contribution >= 4 is 23.8 Å². The molecule has 1 aliphatic heterocycles. The van der Waals surface area contributed by atoms with Crippen molar-refractivity contribution in [3.63, 3.8) is 0 Å². The van der Waals surface area contributed by atoms with E-state index in [9.17, 15) is 14.7 Å². The zero-order chi connectivity index (χ0) is 14.5. The number of hydrogen-bond acceptors (Lipinski definition) is 3. The smallest absolute Gasteiger partial charge is 0.326 e. The van der Waals surface area contributed by atoms with Crippen LogP contribution in [0.1, 0.15) is 39.0 Å². The summed E-state index contributed by atoms with van der Waals surface area (Å²) in [5, 5.41) is 12.2. The van der Waals surface area contributed by atoms with Crippen molar-refractivity contribution in [3.05, 3.63) is 0 Å². The highest BCUT2D eigenvalue weighted by Gasteiger charge is 2.33. The summed E-state index contributed by atoms with van der Waals surface area (Å²) in [4.78, 5) is 25.5. The Balaban J connectivity index is 1.96. The second-order valence-electron chi connectivity index (χ2n) is 5.78. The van der Waals surface area contributed by atoms with E-state index in [0.717, 1.165) is 37.2 Å². The maximum absolute atomic E-state index is 12.3. The van der Waals surface area contributed by atoms with Gasteiger partial charge in [-0.3, -0.25) is 0 Å². The fourth-order valence-corrected chi connectivity index (χ4v) is 4.11. The van der Waals surface area contributed by atoms with E-state index in [1.165, 1.54) is 6.42 Å². The molecule has 0 aromatic rings. The standard InChI is InChI=1S/C14H24N2O3S/c1-10-9-20-8-7-16(10)14(19)15-12(13(17)18)11-5-3-2-4-6-11/h10-12H,2-9H2,1H3,(H,15,19)(H,17,18). The van der Waals surface area contributed by atoms with Gasteiger partial charge >= 0.3 is 12.0 Å². The highest BCUT2D eigenvalue weighted by atomic mass is 32.2. The van der Waals surface area contributed by atoms with Gasteiger partial charge in [-0.1, -0.05) is 19.3 Å². The van der Waals surface area contributed by atoms with Gasteiger partial charge in [0.25, 0.3) is 0 Å². The van der Waals surface area contributed by atoms with Gasteiger partial charge in [0.05, 0.1) is 0 Å². The number of carbonyl (C=O) groups excluding carboxylic acids is 1. The van der Waals surface area contributed by atoms with Gasteiger partial charge in [0, 0.05) is 24.1 Å². The van der Waals surface area contributed by atoms with Crippen LogP contribution in [-0.2, 0) is 4.79 Å². The Hall–Kier alpha value is -0.910. The minimum atomic E-state index is -0.899. The van der Waals surface area contributed by atoms with Crippen LogP contribution in [0.25, 0.3) is 0 Å². The lowest BCUT2D eigenvalue weighted by molar-refractivity contribution is -0.141. The van der Waals surface area contributed by atoms with E-state index in [-0.39, 0.29) is 18.0 Å². The lowest BCUT2D eigenvalue weighted by atomic mass is 9.84. The monoisotopic (exact) mass is 300 g/mol. The minimum Gasteiger partial charge on any atom is -0.480 e. The van der Waals surface area contributed by atoms with Crippen molar-refractivity contribution in [1.29, 1.82) is 0 Å². The molecule has 114 valence electrons. The fourth-order valence-electron chi connectivity index (χ4n) is 3.09. The summed E-state index contributed by atoms with van der Waals surface area (Å²) in [6.45, 7) is 2.72. The van der Waals surface area contributed by atoms with Crippen LogP contribution in [0.15, 0.2) is 0 Å². The molecule has 2 fully saturated rings. The van der Waals surface area contributed by atoms with Crippen LogP contribution in [0, 0.1) is 5.92 Å². The molecule has 0 bridgehead atoms. The molecular formula is C14H24N2O3S. The molecule has 2 aliphatic rings. The number of carbonyl (C=O) groups is 2. The van der Waals surface area contributed by atoms with Crippen molar-refractivity contribution < 1.29 is 14.7 Å². The molecule has 2 amide bonds. The lowest BCUT2D eigenvalue weighted by Gasteiger charge is -2.35. The highest BCUT2D eigenvalue weighted by Crippen LogP contribution is 2.27. The molecule has 6 heteroatoms. The molecule has 2 rings (SSSR count). The number of thioether (sulfide) groups is 1. The number of rotatable bonds is 3. The summed E-state index contributed by atoms with van der Waals surface area (Å²) in [5.41, 5.74) is 0. The average molecular weight is 300 g/mol. The van der Waals surface area contributed by atoms with Crippen LogP contribution >= 0.6 is 11.8 Å². The zero-order valence-corrected chi connectivity index (χ0v) is 12.8. The van der Waals surface area contributed by atoms with Crippen LogP contribution < -0.4 is 5.32 Å². The van der Waals surface area contributed by atoms with Gasteiger partial charge in [-0.05, 0) is 25.7 Å². The van der Waals surface area contributed by atoms with Crippen LogP contribution in [0.2, 0.25) is 0 Å². The van der Waals surface area contributed by atoms with E-state index in [4.69, 9.17) is 0 Å². The summed E-state index contributed by atoms with van der Waals surface area (Å²) in [7, 11) is 0. The molecule has 1 saturated heterocycles. The van der Waals surface area contributed by atoms with Crippen LogP contribution in [-0.4, -0.2) is 52.1 Å². The maximum Gasteiger partial charge on any atom is 0.326 e. The largest absolute Gasteiger partial charge is 0.480 e. The first kappa shape index (κ1) is 15.5. The third-order valence-electron chi connectivity index (χ3n) is 4.29. The van der Waals surface area contributed by atoms with Gasteiger partial charge in [-0.25, -0.2) is 9.59 Å². The number of nitrogens with one attached hydrogen (secondary N) is 1. The first-order valence-electron chi connectivity index (χ1n) is 7.47. The molecule has 2 atom stereocenters. The van der Waals surface area contributed by atoms with Gasteiger partial charge < -0.3 is 15.3 Å². The third-order valence-corrected chi connectivity index (χ3v) is 5.48. The molecule has 0 spiro atoms. The predicted octanol–water partition coefficient (Wildman–Crippen LogP) is 2.17. The fraction of sp³-hybridized carbons (Fsp3) is 0.857. The Morgan fingerprint density at radius 2 is 2.00 bits per heavy atom. The Kier molecular flexibility index (Phi) is 5.57. The van der Waals surface area contributed by atoms with E-state index >= 15 is 0 Å². The van der Waals surface area contributed by atoms with Gasteiger partial charge in [-0.2, -0.15) is 11.8 Å². The van der Waals surface area contributed by atoms with E-state index < -0.39 is 12.0 Å². The molecule has 1 heterocycles. The third kappa shape index (κ3) is 3.81. The Morgan fingerprint density at radius 3 is 2.60 bits per heavy atom. The normalized spacial score (nSPS) is 26.1. The zero-order valence-electron chi connectivity index (χ0n) is 12.0. The summed E-state index contributed by atoms with van der Waals surface area (Å²) in [6.07, 6.45) is 5.13. The number of hydrogen-bond donors (Lipinski definition) is 2. The SMILES string of the molecule is CC1CSCCN1C(=O)NC(C(=O)O)C1CCCCC1. The van der Waals surface area contributed by atoms with E-state index in [0.29, 0.717) is 6.54 Å². The van der Waals surface area contributed by atoms with Crippen molar-refractivity contribution in [2.24, 2.45) is 5.92 Å². The van der Waals surface area contributed by atoms with E-state index in [1.807, 2.05) is 18.7 Å². The second-order valence-corrected chi connectivity index (χ2v) is 6.93. The van der Waals surface area contributed by atoms with Crippen LogP contribution in [0.5, 0.6) is 0 Å². The number of nitrogens with zero attached hydrogens (tertiary/aromatic N) is 1. The highest BCUT2D eigenvalue weighted by molar-refractivity contribution is 7.99. The molecule has 1 aliphatic carbocycles. The molecule has 1 saturated carbocycles.